The monoisotopic (exact) mass is 344 g/mol. The number of ether oxygens (including phenoxy) is 2. The van der Waals surface area contributed by atoms with Gasteiger partial charge in [-0.15, -0.1) is 0 Å². The second-order valence-corrected chi connectivity index (χ2v) is 4.99. The number of nitrogens with one attached hydrogen (secondary N) is 2. The number of carbonyl (C=O) groups is 2. The first-order valence-corrected chi connectivity index (χ1v) is 7.76. The number of hydrogen-bond acceptors (Lipinski definition) is 5. The van der Waals surface area contributed by atoms with E-state index in [1.807, 2.05) is 13.0 Å². The summed E-state index contributed by atoms with van der Waals surface area (Å²) in [6.07, 6.45) is 2.76. The molecule has 0 saturated heterocycles. The van der Waals surface area contributed by atoms with Crippen LogP contribution in [0.1, 0.15) is 18.4 Å². The van der Waals surface area contributed by atoms with Crippen molar-refractivity contribution in [3.05, 3.63) is 54.0 Å². The van der Waals surface area contributed by atoms with Crippen LogP contribution in [-0.4, -0.2) is 25.0 Å². The Morgan fingerprint density at radius 2 is 1.80 bits per heavy atom. The lowest BCUT2D eigenvalue weighted by Crippen LogP contribution is -2.43. The van der Waals surface area contributed by atoms with Crippen molar-refractivity contribution in [2.75, 3.05) is 13.2 Å². The van der Waals surface area contributed by atoms with E-state index in [2.05, 4.69) is 10.9 Å². The molecule has 1 aromatic carbocycles. The van der Waals surface area contributed by atoms with Gasteiger partial charge in [0, 0.05) is 6.08 Å². The Morgan fingerprint density at radius 1 is 1.08 bits per heavy atom. The molecule has 7 nitrogen and oxygen atoms in total. The van der Waals surface area contributed by atoms with Crippen molar-refractivity contribution in [1.82, 2.24) is 10.9 Å². The van der Waals surface area contributed by atoms with E-state index in [9.17, 15) is 9.59 Å². The Morgan fingerprint density at radius 3 is 2.44 bits per heavy atom. The van der Waals surface area contributed by atoms with Gasteiger partial charge in [-0.1, -0.05) is 12.1 Å². The average molecular weight is 344 g/mol. The SMILES string of the molecule is CCOc1ccccc1OCC(=O)NNC(=O)C=Cc1ccc(C)o1. The van der Waals surface area contributed by atoms with Crippen LogP contribution in [0, 0.1) is 6.92 Å². The quantitative estimate of drug-likeness (QED) is 0.594. The molecule has 0 atom stereocenters. The second-order valence-electron chi connectivity index (χ2n) is 4.99. The van der Waals surface area contributed by atoms with Crippen LogP contribution in [0.3, 0.4) is 0 Å². The number of furan rings is 1. The molecule has 132 valence electrons. The van der Waals surface area contributed by atoms with Gasteiger partial charge < -0.3 is 13.9 Å². The number of para-hydroxylation sites is 2. The molecule has 1 heterocycles. The molecule has 0 saturated carbocycles. The second kappa shape index (κ2) is 9.17. The van der Waals surface area contributed by atoms with Gasteiger partial charge in [-0.05, 0) is 44.2 Å². The van der Waals surface area contributed by atoms with Crippen molar-refractivity contribution in [2.45, 2.75) is 13.8 Å². The third-order valence-electron chi connectivity index (χ3n) is 2.99. The maximum atomic E-state index is 11.7. The molecular formula is C18H20N2O5. The zero-order valence-corrected chi connectivity index (χ0v) is 14.1. The summed E-state index contributed by atoms with van der Waals surface area (Å²) in [4.78, 5) is 23.4. The van der Waals surface area contributed by atoms with Crippen molar-refractivity contribution in [1.29, 1.82) is 0 Å². The topological polar surface area (TPSA) is 89.8 Å². The van der Waals surface area contributed by atoms with Crippen LogP contribution in [0.15, 0.2) is 46.9 Å². The summed E-state index contributed by atoms with van der Waals surface area (Å²) >= 11 is 0. The first-order valence-electron chi connectivity index (χ1n) is 7.76. The molecule has 2 amide bonds. The minimum Gasteiger partial charge on any atom is -0.490 e. The Labute approximate surface area is 145 Å². The molecule has 25 heavy (non-hydrogen) atoms. The maximum Gasteiger partial charge on any atom is 0.276 e. The van der Waals surface area contributed by atoms with E-state index >= 15 is 0 Å². The molecule has 0 spiro atoms. The zero-order valence-electron chi connectivity index (χ0n) is 14.1. The van der Waals surface area contributed by atoms with Gasteiger partial charge in [0.1, 0.15) is 11.5 Å². The fraction of sp³-hybridized carbons (Fsp3) is 0.222. The third-order valence-corrected chi connectivity index (χ3v) is 2.99. The molecule has 2 aromatic rings. The van der Waals surface area contributed by atoms with Gasteiger partial charge >= 0.3 is 0 Å². The number of carbonyl (C=O) groups excluding carboxylic acids is 2. The summed E-state index contributed by atoms with van der Waals surface area (Å²) < 4.78 is 16.1. The number of benzene rings is 1. The summed E-state index contributed by atoms with van der Waals surface area (Å²) in [6, 6.07) is 10.6. The average Bonchev–Trinajstić information content (AvgIpc) is 3.03. The van der Waals surface area contributed by atoms with Gasteiger partial charge in [0.2, 0.25) is 0 Å². The molecule has 0 aliphatic carbocycles. The highest BCUT2D eigenvalue weighted by Gasteiger charge is 2.07. The molecule has 0 fully saturated rings. The predicted octanol–water partition coefficient (Wildman–Crippen LogP) is 2.23. The van der Waals surface area contributed by atoms with Gasteiger partial charge in [0.05, 0.1) is 6.61 Å². The molecule has 0 unspecified atom stereocenters. The number of aryl methyl sites for hydroxylation is 1. The van der Waals surface area contributed by atoms with E-state index in [1.165, 1.54) is 12.2 Å². The third kappa shape index (κ3) is 6.06. The summed E-state index contributed by atoms with van der Waals surface area (Å²) in [5, 5.41) is 0. The summed E-state index contributed by atoms with van der Waals surface area (Å²) in [7, 11) is 0. The molecule has 1 aromatic heterocycles. The summed E-state index contributed by atoms with van der Waals surface area (Å²) in [5.41, 5.74) is 4.52. The molecule has 0 aliphatic rings. The van der Waals surface area contributed by atoms with E-state index in [4.69, 9.17) is 13.9 Å². The van der Waals surface area contributed by atoms with Gasteiger partial charge in [-0.3, -0.25) is 20.4 Å². The lowest BCUT2D eigenvalue weighted by molar-refractivity contribution is -0.128. The van der Waals surface area contributed by atoms with Crippen molar-refractivity contribution in [3.63, 3.8) is 0 Å². The zero-order chi connectivity index (χ0) is 18.1. The largest absolute Gasteiger partial charge is 0.490 e. The van der Waals surface area contributed by atoms with Gasteiger partial charge in [-0.2, -0.15) is 0 Å². The van der Waals surface area contributed by atoms with Crippen LogP contribution < -0.4 is 20.3 Å². The summed E-state index contributed by atoms with van der Waals surface area (Å²) in [5.74, 6) is 1.32. The van der Waals surface area contributed by atoms with Gasteiger partial charge in [-0.25, -0.2) is 0 Å². The smallest absolute Gasteiger partial charge is 0.276 e. The van der Waals surface area contributed by atoms with Crippen molar-refractivity contribution < 1.29 is 23.5 Å². The standard InChI is InChI=1S/C18H20N2O5/c1-3-23-15-6-4-5-7-16(15)24-12-18(22)20-19-17(21)11-10-14-9-8-13(2)25-14/h4-11H,3,12H2,1-2H3,(H,19,21)(H,20,22). The number of amides is 2. The highest BCUT2D eigenvalue weighted by Crippen LogP contribution is 2.26. The molecule has 2 N–H and O–H groups in total. The highest BCUT2D eigenvalue weighted by molar-refractivity contribution is 5.92. The van der Waals surface area contributed by atoms with Crippen LogP contribution in [0.2, 0.25) is 0 Å². The summed E-state index contributed by atoms with van der Waals surface area (Å²) in [6.45, 7) is 3.90. The Balaban J connectivity index is 1.75. The van der Waals surface area contributed by atoms with Crippen LogP contribution in [0.4, 0.5) is 0 Å². The molecule has 0 radical (unpaired) electrons. The Bertz CT molecular complexity index is 751. The first kappa shape index (κ1) is 18.1. The van der Waals surface area contributed by atoms with E-state index in [1.54, 1.807) is 37.3 Å². The van der Waals surface area contributed by atoms with E-state index in [0.29, 0.717) is 23.9 Å². The lowest BCUT2D eigenvalue weighted by Gasteiger charge is -2.11. The van der Waals surface area contributed by atoms with Crippen molar-refractivity contribution >= 4 is 17.9 Å². The lowest BCUT2D eigenvalue weighted by atomic mass is 10.3. The van der Waals surface area contributed by atoms with Gasteiger partial charge in [0.25, 0.3) is 11.8 Å². The van der Waals surface area contributed by atoms with Crippen LogP contribution >= 0.6 is 0 Å². The fourth-order valence-electron chi connectivity index (χ4n) is 1.90. The fourth-order valence-corrected chi connectivity index (χ4v) is 1.90. The van der Waals surface area contributed by atoms with Crippen LogP contribution in [-0.2, 0) is 9.59 Å². The molecule has 7 heteroatoms. The minimum absolute atomic E-state index is 0.258. The minimum atomic E-state index is -0.498. The predicted molar refractivity (Wildman–Crippen MR) is 91.9 cm³/mol. The van der Waals surface area contributed by atoms with E-state index in [0.717, 1.165) is 5.76 Å². The van der Waals surface area contributed by atoms with E-state index < -0.39 is 11.8 Å². The van der Waals surface area contributed by atoms with Gasteiger partial charge in [0.15, 0.2) is 18.1 Å². The molecular weight excluding hydrogens is 324 g/mol. The van der Waals surface area contributed by atoms with Crippen molar-refractivity contribution in [2.24, 2.45) is 0 Å². The maximum absolute atomic E-state index is 11.7. The molecule has 0 bridgehead atoms. The number of hydrogen-bond donors (Lipinski definition) is 2. The Kier molecular flexibility index (Phi) is 6.65. The normalized spacial score (nSPS) is 10.5. The van der Waals surface area contributed by atoms with Crippen LogP contribution in [0.25, 0.3) is 6.08 Å². The Hall–Kier alpha value is -3.22. The molecule has 2 rings (SSSR count). The molecule has 0 aliphatic heterocycles. The van der Waals surface area contributed by atoms with Crippen molar-refractivity contribution in [3.8, 4) is 11.5 Å². The number of hydrazine groups is 1. The highest BCUT2D eigenvalue weighted by atomic mass is 16.5. The van der Waals surface area contributed by atoms with E-state index in [-0.39, 0.29) is 6.61 Å². The number of rotatable bonds is 7. The van der Waals surface area contributed by atoms with Crippen LogP contribution in [0.5, 0.6) is 11.5 Å². The first-order chi connectivity index (χ1) is 12.1.